The van der Waals surface area contributed by atoms with E-state index >= 15 is 0 Å². The van der Waals surface area contributed by atoms with Crippen molar-refractivity contribution in [3.05, 3.63) is 70.3 Å². The molecule has 0 spiro atoms. The molecule has 1 unspecified atom stereocenters. The van der Waals surface area contributed by atoms with Gasteiger partial charge in [0.1, 0.15) is 12.1 Å². The van der Waals surface area contributed by atoms with Crippen LogP contribution in [0.25, 0.3) is 0 Å². The molecule has 2 aliphatic rings. The molecule has 10 nitrogen and oxygen atoms in total. The summed E-state index contributed by atoms with van der Waals surface area (Å²) in [5, 5.41) is 10.4. The molecule has 2 fully saturated rings. The van der Waals surface area contributed by atoms with Crippen LogP contribution in [0.15, 0.2) is 54.3 Å². The second-order valence-electron chi connectivity index (χ2n) is 9.83. The molecule has 0 bridgehead atoms. The van der Waals surface area contributed by atoms with Gasteiger partial charge in [0.25, 0.3) is 0 Å². The minimum absolute atomic E-state index is 0.0546. The van der Waals surface area contributed by atoms with Gasteiger partial charge in [-0.2, -0.15) is 8.42 Å². The van der Waals surface area contributed by atoms with Crippen LogP contribution in [0.4, 0.5) is 11.5 Å². The highest BCUT2D eigenvalue weighted by Gasteiger charge is 2.28. The van der Waals surface area contributed by atoms with E-state index < -0.39 is 10.3 Å². The second-order valence-corrected chi connectivity index (χ2v) is 12.0. The van der Waals surface area contributed by atoms with Gasteiger partial charge >= 0.3 is 10.3 Å². The Kier molecular flexibility index (Phi) is 8.34. The Bertz CT molecular complexity index is 1340. The van der Waals surface area contributed by atoms with Crippen LogP contribution in [-0.2, 0) is 21.0 Å². The Morgan fingerprint density at radius 2 is 1.95 bits per heavy atom. The fraction of sp³-hybridized carbons (Fsp3) is 0.423. The van der Waals surface area contributed by atoms with Gasteiger partial charge in [-0.1, -0.05) is 18.2 Å². The van der Waals surface area contributed by atoms with E-state index in [1.54, 1.807) is 6.20 Å². The summed E-state index contributed by atoms with van der Waals surface area (Å²) in [5.41, 5.74) is 2.82. The number of benzene rings is 1. The summed E-state index contributed by atoms with van der Waals surface area (Å²) in [5.74, 6) is 0.460. The van der Waals surface area contributed by atoms with E-state index in [2.05, 4.69) is 54.7 Å². The van der Waals surface area contributed by atoms with Crippen molar-refractivity contribution in [2.75, 3.05) is 43.0 Å². The first-order chi connectivity index (χ1) is 18.3. The maximum atomic E-state index is 13.4. The fourth-order valence-corrected chi connectivity index (χ4v) is 6.36. The molecule has 3 aromatic rings. The normalized spacial score (nSPS) is 20.5. The van der Waals surface area contributed by atoms with E-state index in [0.717, 1.165) is 51.1 Å². The number of thiophene rings is 1. The zero-order chi connectivity index (χ0) is 26.5. The highest BCUT2D eigenvalue weighted by Crippen LogP contribution is 2.30. The van der Waals surface area contributed by atoms with Gasteiger partial charge in [0, 0.05) is 50.6 Å². The molecule has 3 heterocycles. The summed E-state index contributed by atoms with van der Waals surface area (Å²) in [6.45, 7) is 4.77. The number of hydrogen-bond donors (Lipinski definition) is 2. The number of nitrogens with two attached hydrogens (primary N) is 1. The van der Waals surface area contributed by atoms with Crippen molar-refractivity contribution in [2.24, 2.45) is 11.1 Å². The Labute approximate surface area is 227 Å². The number of nitrogens with one attached hydrogen (secondary N) is 1. The molecular weight excluding hydrogens is 524 g/mol. The predicted octanol–water partition coefficient (Wildman–Crippen LogP) is 2.89. The van der Waals surface area contributed by atoms with E-state index in [4.69, 9.17) is 9.32 Å². The van der Waals surface area contributed by atoms with Crippen LogP contribution >= 0.6 is 11.3 Å². The van der Waals surface area contributed by atoms with Gasteiger partial charge in [0.05, 0.1) is 17.0 Å². The molecule has 5 rings (SSSR count). The van der Waals surface area contributed by atoms with Crippen molar-refractivity contribution in [3.8, 4) is 0 Å². The molecular formula is C26H32N6O4S2. The number of carbonyl (C=O) groups is 1. The Balaban J connectivity index is 1.16. The highest BCUT2D eigenvalue weighted by atomic mass is 32.2. The fourth-order valence-electron chi connectivity index (χ4n) is 5.12. The van der Waals surface area contributed by atoms with Crippen molar-refractivity contribution >= 4 is 38.9 Å². The smallest absolute Gasteiger partial charge is 0.333 e. The SMILES string of the molecule is NS(=O)(=O)OCC1CC[C@H](Nc2ncncc2C(=O)c2cc(CN3CCN(c4ccccc4)CC3)cs2)C1. The van der Waals surface area contributed by atoms with E-state index in [9.17, 15) is 13.2 Å². The number of ketones is 1. The molecule has 1 aliphatic carbocycles. The molecule has 12 heteroatoms. The zero-order valence-electron chi connectivity index (χ0n) is 21.0. The summed E-state index contributed by atoms with van der Waals surface area (Å²) in [4.78, 5) is 27.3. The first-order valence-corrected chi connectivity index (χ1v) is 15.1. The number of piperazine rings is 1. The minimum atomic E-state index is -3.95. The van der Waals surface area contributed by atoms with Crippen molar-refractivity contribution in [1.82, 2.24) is 14.9 Å². The molecule has 3 N–H and O–H groups in total. The average Bonchev–Trinajstić information content (AvgIpc) is 3.58. The van der Waals surface area contributed by atoms with E-state index in [0.29, 0.717) is 22.7 Å². The van der Waals surface area contributed by atoms with Gasteiger partial charge in [-0.15, -0.1) is 11.3 Å². The summed E-state index contributed by atoms with van der Waals surface area (Å²) >= 11 is 1.44. The quantitative estimate of drug-likeness (QED) is 0.362. The summed E-state index contributed by atoms with van der Waals surface area (Å²) in [6, 6.07) is 12.5. The molecule has 38 heavy (non-hydrogen) atoms. The third-order valence-electron chi connectivity index (χ3n) is 7.08. The lowest BCUT2D eigenvalue weighted by Gasteiger charge is -2.36. The molecule has 2 atom stereocenters. The molecule has 2 aromatic heterocycles. The maximum Gasteiger partial charge on any atom is 0.333 e. The number of rotatable bonds is 10. The van der Waals surface area contributed by atoms with Crippen LogP contribution in [0.3, 0.4) is 0 Å². The van der Waals surface area contributed by atoms with Crippen LogP contribution < -0.4 is 15.4 Å². The summed E-state index contributed by atoms with van der Waals surface area (Å²) < 4.78 is 26.9. The molecule has 0 radical (unpaired) electrons. The van der Waals surface area contributed by atoms with E-state index in [1.807, 2.05) is 12.1 Å². The van der Waals surface area contributed by atoms with Gasteiger partial charge < -0.3 is 10.2 Å². The molecule has 1 aliphatic heterocycles. The Hall–Kier alpha value is -2.90. The lowest BCUT2D eigenvalue weighted by atomic mass is 10.1. The standard InChI is InChI=1S/C26H32N6O4S2/c27-38(34,35)36-16-19-6-7-21(12-19)30-26-23(14-28-18-29-26)25(33)24-13-20(17-37-24)15-31-8-10-32(11-9-31)22-4-2-1-3-5-22/h1-5,13-14,17-19,21H,6-12,15-16H2,(H2,27,34,35)(H,28,29,30)/t19?,21-/m0/s1. The van der Waals surface area contributed by atoms with Crippen LogP contribution in [0, 0.1) is 5.92 Å². The first kappa shape index (κ1) is 26.7. The molecule has 1 aromatic carbocycles. The van der Waals surface area contributed by atoms with Crippen LogP contribution in [0.5, 0.6) is 0 Å². The minimum Gasteiger partial charge on any atom is -0.369 e. The van der Waals surface area contributed by atoms with E-state index in [-0.39, 0.29) is 24.3 Å². The Morgan fingerprint density at radius 3 is 2.71 bits per heavy atom. The van der Waals surface area contributed by atoms with Gasteiger partial charge in [-0.25, -0.2) is 15.1 Å². The number of aromatic nitrogens is 2. The lowest BCUT2D eigenvalue weighted by molar-refractivity contribution is 0.104. The van der Waals surface area contributed by atoms with Gasteiger partial charge in [0.2, 0.25) is 5.78 Å². The number of para-hydroxylation sites is 1. The van der Waals surface area contributed by atoms with Crippen molar-refractivity contribution in [2.45, 2.75) is 31.8 Å². The third-order valence-corrected chi connectivity index (χ3v) is 8.53. The number of anilines is 2. The molecule has 1 saturated heterocycles. The summed E-state index contributed by atoms with van der Waals surface area (Å²) in [7, 11) is -3.95. The first-order valence-electron chi connectivity index (χ1n) is 12.7. The second kappa shape index (κ2) is 11.9. The maximum absolute atomic E-state index is 13.4. The number of nitrogens with zero attached hydrogens (tertiary/aromatic N) is 4. The number of hydrogen-bond acceptors (Lipinski definition) is 10. The van der Waals surface area contributed by atoms with E-state index in [1.165, 1.54) is 23.4 Å². The van der Waals surface area contributed by atoms with Gasteiger partial charge in [0.15, 0.2) is 0 Å². The highest BCUT2D eigenvalue weighted by molar-refractivity contribution is 7.84. The van der Waals surface area contributed by atoms with Crippen LogP contribution in [-0.4, -0.2) is 67.9 Å². The third kappa shape index (κ3) is 6.94. The monoisotopic (exact) mass is 556 g/mol. The summed E-state index contributed by atoms with van der Waals surface area (Å²) in [6.07, 6.45) is 5.29. The van der Waals surface area contributed by atoms with Crippen molar-refractivity contribution in [1.29, 1.82) is 0 Å². The van der Waals surface area contributed by atoms with Crippen molar-refractivity contribution < 1.29 is 17.4 Å². The molecule has 202 valence electrons. The van der Waals surface area contributed by atoms with Crippen LogP contribution in [0.2, 0.25) is 0 Å². The largest absolute Gasteiger partial charge is 0.369 e. The Morgan fingerprint density at radius 1 is 1.16 bits per heavy atom. The average molecular weight is 557 g/mol. The molecule has 1 saturated carbocycles. The number of carbonyl (C=O) groups excluding carboxylic acids is 1. The lowest BCUT2D eigenvalue weighted by Crippen LogP contribution is -2.45. The molecule has 0 amide bonds. The van der Waals surface area contributed by atoms with Gasteiger partial charge in [-0.3, -0.25) is 13.9 Å². The zero-order valence-corrected chi connectivity index (χ0v) is 22.7. The van der Waals surface area contributed by atoms with Crippen LogP contribution in [0.1, 0.15) is 40.1 Å². The van der Waals surface area contributed by atoms with Gasteiger partial charge in [-0.05, 0) is 54.3 Å². The topological polar surface area (TPSA) is 131 Å². The van der Waals surface area contributed by atoms with Crippen molar-refractivity contribution in [3.63, 3.8) is 0 Å². The predicted molar refractivity (Wildman–Crippen MR) is 148 cm³/mol.